The summed E-state index contributed by atoms with van der Waals surface area (Å²) < 4.78 is 2.60. The van der Waals surface area contributed by atoms with Crippen LogP contribution in [0, 0.1) is 0 Å². The van der Waals surface area contributed by atoms with Crippen LogP contribution < -0.4 is 11.5 Å². The van der Waals surface area contributed by atoms with E-state index < -0.39 is 0 Å². The van der Waals surface area contributed by atoms with Crippen LogP contribution in [-0.4, -0.2) is 19.1 Å². The van der Waals surface area contributed by atoms with Crippen molar-refractivity contribution < 1.29 is 4.37 Å². The Hall–Kier alpha value is -0.120. The maximum Gasteiger partial charge on any atom is 0.307 e. The number of hydrogen-bond acceptors (Lipinski definition) is 2. The smallest absolute Gasteiger partial charge is 0.307 e. The lowest BCUT2D eigenvalue weighted by Crippen LogP contribution is -2.26. The highest BCUT2D eigenvalue weighted by Gasteiger charge is 2.63. The summed E-state index contributed by atoms with van der Waals surface area (Å²) in [5.41, 5.74) is 10.6. The minimum absolute atomic E-state index is 0.00694. The van der Waals surface area contributed by atoms with Crippen LogP contribution in [0.15, 0.2) is 0 Å². The summed E-state index contributed by atoms with van der Waals surface area (Å²) in [5, 5.41) is 0. The van der Waals surface area contributed by atoms with E-state index in [4.69, 9.17) is 11.5 Å². The molecule has 0 spiro atoms. The third-order valence-electron chi connectivity index (χ3n) is 1.58. The molecule has 2 unspecified atom stereocenters. The molecule has 1 rings (SSSR count). The van der Waals surface area contributed by atoms with Gasteiger partial charge < -0.3 is 4.37 Å². The third-order valence-corrected chi connectivity index (χ3v) is 1.58. The fraction of sp³-hybridized carbons (Fsp3) is 1.00. The van der Waals surface area contributed by atoms with Crippen LogP contribution in [0.4, 0.5) is 0 Å². The van der Waals surface area contributed by atoms with Crippen LogP contribution in [0.25, 0.3) is 0 Å². The molecule has 0 aromatic carbocycles. The molecule has 2 atom stereocenters. The van der Waals surface area contributed by atoms with Crippen LogP contribution >= 0.6 is 0 Å². The standard InChI is InChI=1S/C4H11N2O/c1-4(6)3(5)7(4)2/h3H,5-6H2,1-2H3/q+1. The minimum Gasteiger partial charge on any atom is -0.379 e. The summed E-state index contributed by atoms with van der Waals surface area (Å²) >= 11 is 0. The predicted octanol–water partition coefficient (Wildman–Crippen LogP) is -0.858. The van der Waals surface area contributed by atoms with E-state index in [0.717, 1.165) is 0 Å². The van der Waals surface area contributed by atoms with E-state index in [1.54, 1.807) is 0 Å². The van der Waals surface area contributed by atoms with E-state index in [-0.39, 0.29) is 12.0 Å². The average molecular weight is 103 g/mol. The van der Waals surface area contributed by atoms with Gasteiger partial charge in [0.1, 0.15) is 7.11 Å². The van der Waals surface area contributed by atoms with Crippen molar-refractivity contribution in [3.05, 3.63) is 0 Å². The van der Waals surface area contributed by atoms with Crippen molar-refractivity contribution >= 4 is 0 Å². The van der Waals surface area contributed by atoms with Crippen LogP contribution in [0.5, 0.6) is 0 Å². The Kier molecular flexibility index (Phi) is 0.712. The van der Waals surface area contributed by atoms with Gasteiger partial charge in [-0.1, -0.05) is 0 Å². The molecule has 3 heteroatoms. The monoisotopic (exact) mass is 103 g/mol. The van der Waals surface area contributed by atoms with Gasteiger partial charge >= 0.3 is 12.0 Å². The van der Waals surface area contributed by atoms with Gasteiger partial charge in [0.2, 0.25) is 0 Å². The summed E-state index contributed by atoms with van der Waals surface area (Å²) in [6.45, 7) is 1.88. The topological polar surface area (TPSA) is 54.7 Å². The second-order valence-corrected chi connectivity index (χ2v) is 2.16. The van der Waals surface area contributed by atoms with E-state index in [2.05, 4.69) is 4.37 Å². The Balaban J connectivity index is 2.52. The highest BCUT2D eigenvalue weighted by molar-refractivity contribution is 4.92. The fourth-order valence-electron chi connectivity index (χ4n) is 0.542. The van der Waals surface area contributed by atoms with Gasteiger partial charge in [0.15, 0.2) is 0 Å². The SMILES string of the molecule is C[O+]1C(N)C1(C)N. The predicted molar refractivity (Wildman–Crippen MR) is 27.6 cm³/mol. The molecule has 42 valence electrons. The molecule has 4 N–H and O–H groups in total. The van der Waals surface area contributed by atoms with Crippen molar-refractivity contribution in [2.45, 2.75) is 18.9 Å². The molecule has 0 amide bonds. The molecular formula is C4H11N2O+. The van der Waals surface area contributed by atoms with Crippen LogP contribution in [0.2, 0.25) is 0 Å². The summed E-state index contributed by atoms with van der Waals surface area (Å²) in [4.78, 5) is 0. The van der Waals surface area contributed by atoms with Crippen molar-refractivity contribution in [1.29, 1.82) is 0 Å². The first-order valence-corrected chi connectivity index (χ1v) is 2.26. The summed E-state index contributed by atoms with van der Waals surface area (Å²) in [7, 11) is 1.82. The fourth-order valence-corrected chi connectivity index (χ4v) is 0.542. The Morgan fingerprint density at radius 2 is 1.86 bits per heavy atom. The molecular weight excluding hydrogens is 92.1 g/mol. The lowest BCUT2D eigenvalue weighted by atomic mass is 10.4. The number of epoxide rings is 1. The summed E-state index contributed by atoms with van der Waals surface area (Å²) in [6, 6.07) is 0. The quantitative estimate of drug-likeness (QED) is 0.309. The van der Waals surface area contributed by atoms with Gasteiger partial charge in [0, 0.05) is 6.92 Å². The zero-order valence-electron chi connectivity index (χ0n) is 4.64. The Morgan fingerprint density at radius 3 is 1.86 bits per heavy atom. The van der Waals surface area contributed by atoms with Crippen molar-refractivity contribution in [3.8, 4) is 0 Å². The summed E-state index contributed by atoms with van der Waals surface area (Å²) in [6.07, 6.45) is -0.00694. The first kappa shape index (κ1) is 5.03. The molecule has 0 bridgehead atoms. The summed E-state index contributed by atoms with van der Waals surface area (Å²) in [5.74, 6) is 0. The lowest BCUT2D eigenvalue weighted by molar-refractivity contribution is 0.0471. The highest BCUT2D eigenvalue weighted by atomic mass is 16.8. The highest BCUT2D eigenvalue weighted by Crippen LogP contribution is 2.34. The zero-order valence-corrected chi connectivity index (χ0v) is 4.64. The Labute approximate surface area is 42.9 Å². The maximum atomic E-state index is 5.52. The van der Waals surface area contributed by atoms with Crippen molar-refractivity contribution in [1.82, 2.24) is 0 Å². The molecule has 0 aromatic rings. The molecule has 3 nitrogen and oxygen atoms in total. The molecule has 1 aliphatic heterocycles. The number of nitrogens with two attached hydrogens (primary N) is 2. The van der Waals surface area contributed by atoms with Crippen molar-refractivity contribution in [3.63, 3.8) is 0 Å². The van der Waals surface area contributed by atoms with Crippen LogP contribution in [0.3, 0.4) is 0 Å². The first-order valence-electron chi connectivity index (χ1n) is 2.26. The molecule has 0 aliphatic carbocycles. The van der Waals surface area contributed by atoms with Gasteiger partial charge in [0.25, 0.3) is 0 Å². The van der Waals surface area contributed by atoms with E-state index in [0.29, 0.717) is 0 Å². The van der Waals surface area contributed by atoms with Gasteiger partial charge in [-0.2, -0.15) is 0 Å². The number of rotatable bonds is 0. The van der Waals surface area contributed by atoms with Gasteiger partial charge in [-0.15, -0.1) is 0 Å². The van der Waals surface area contributed by atoms with E-state index >= 15 is 0 Å². The van der Waals surface area contributed by atoms with Crippen LogP contribution in [0.1, 0.15) is 6.92 Å². The first-order chi connectivity index (χ1) is 3.07. The zero-order chi connectivity index (χ0) is 5.65. The average Bonchev–Trinajstić information content (AvgIpc) is 1.91. The van der Waals surface area contributed by atoms with Crippen LogP contribution in [-0.2, 0) is 4.37 Å². The minimum atomic E-state index is -0.306. The van der Waals surface area contributed by atoms with Gasteiger partial charge in [0.05, 0.1) is 0 Å². The maximum absolute atomic E-state index is 5.52. The van der Waals surface area contributed by atoms with Gasteiger partial charge in [-0.05, 0) is 0 Å². The lowest BCUT2D eigenvalue weighted by Gasteiger charge is -1.86. The molecule has 1 aliphatic rings. The molecule has 0 saturated carbocycles. The Bertz CT molecular complexity index is 81.7. The van der Waals surface area contributed by atoms with Gasteiger partial charge in [-0.25, -0.2) is 0 Å². The van der Waals surface area contributed by atoms with E-state index in [1.807, 2.05) is 14.0 Å². The van der Waals surface area contributed by atoms with Crippen molar-refractivity contribution in [2.75, 3.05) is 7.11 Å². The Morgan fingerprint density at radius 1 is 1.71 bits per heavy atom. The van der Waals surface area contributed by atoms with E-state index in [9.17, 15) is 0 Å². The third kappa shape index (κ3) is 0.459. The molecule has 1 saturated heterocycles. The largest absolute Gasteiger partial charge is 0.379 e. The second kappa shape index (κ2) is 0.992. The molecule has 7 heavy (non-hydrogen) atoms. The molecule has 0 radical (unpaired) electrons. The number of hydrogen-bond donors (Lipinski definition) is 2. The second-order valence-electron chi connectivity index (χ2n) is 2.16. The van der Waals surface area contributed by atoms with Gasteiger partial charge in [-0.3, -0.25) is 11.5 Å². The van der Waals surface area contributed by atoms with E-state index in [1.165, 1.54) is 0 Å². The molecule has 1 fully saturated rings. The molecule has 1 heterocycles. The normalized spacial score (nSPS) is 52.3. The van der Waals surface area contributed by atoms with Crippen molar-refractivity contribution in [2.24, 2.45) is 11.5 Å². The molecule has 0 aromatic heterocycles.